The van der Waals surface area contributed by atoms with Crippen LogP contribution in [-0.2, 0) is 12.4 Å². The van der Waals surface area contributed by atoms with Gasteiger partial charge >= 0.3 is 12.4 Å². The van der Waals surface area contributed by atoms with Gasteiger partial charge in [-0.15, -0.1) is 0 Å². The van der Waals surface area contributed by atoms with E-state index in [0.29, 0.717) is 18.4 Å². The maximum Gasteiger partial charge on any atom is 0.416 e. The van der Waals surface area contributed by atoms with E-state index in [4.69, 9.17) is 0 Å². The fourth-order valence-corrected chi connectivity index (χ4v) is 1.65. The summed E-state index contributed by atoms with van der Waals surface area (Å²) >= 11 is 0. The molecule has 1 N–H and O–H groups in total. The van der Waals surface area contributed by atoms with Gasteiger partial charge in [0, 0.05) is 5.56 Å². The van der Waals surface area contributed by atoms with Crippen molar-refractivity contribution >= 4 is 6.29 Å². The Bertz CT molecular complexity index is 639. The van der Waals surface area contributed by atoms with E-state index in [1.165, 1.54) is 0 Å². The highest BCUT2D eigenvalue weighted by Gasteiger charge is 2.37. The Morgan fingerprint density at radius 2 is 1.48 bits per heavy atom. The van der Waals surface area contributed by atoms with Gasteiger partial charge in [0.1, 0.15) is 0 Å². The summed E-state index contributed by atoms with van der Waals surface area (Å²) in [5.74, 6) is -0.198. The summed E-state index contributed by atoms with van der Waals surface area (Å²) in [5, 5.41) is 0. The van der Waals surface area contributed by atoms with Crippen LogP contribution in [0.15, 0.2) is 24.4 Å². The number of carbonyl (C=O) groups excluding carboxylic acids is 1. The van der Waals surface area contributed by atoms with E-state index in [9.17, 15) is 31.1 Å². The summed E-state index contributed by atoms with van der Waals surface area (Å²) in [6.07, 6.45) is -8.58. The minimum Gasteiger partial charge on any atom is -0.336 e. The van der Waals surface area contributed by atoms with Crippen LogP contribution >= 0.6 is 0 Å². The van der Waals surface area contributed by atoms with Gasteiger partial charge in [-0.1, -0.05) is 0 Å². The lowest BCUT2D eigenvalue weighted by Gasteiger charge is -2.13. The summed E-state index contributed by atoms with van der Waals surface area (Å²) in [6, 6.07) is 1.13. The van der Waals surface area contributed by atoms with Crippen molar-refractivity contribution in [1.29, 1.82) is 0 Å². The maximum atomic E-state index is 12.7. The third-order valence-corrected chi connectivity index (χ3v) is 2.61. The van der Waals surface area contributed by atoms with Crippen molar-refractivity contribution in [2.24, 2.45) is 0 Å². The highest BCUT2D eigenvalue weighted by atomic mass is 19.4. The molecule has 1 heterocycles. The molecule has 0 aliphatic rings. The third-order valence-electron chi connectivity index (χ3n) is 2.61. The van der Waals surface area contributed by atoms with Crippen molar-refractivity contribution in [2.45, 2.75) is 12.4 Å². The van der Waals surface area contributed by atoms with E-state index in [2.05, 4.69) is 9.97 Å². The molecule has 1 aromatic heterocycles. The molecule has 0 aliphatic heterocycles. The van der Waals surface area contributed by atoms with Crippen LogP contribution in [0.25, 0.3) is 11.3 Å². The van der Waals surface area contributed by atoms with Gasteiger partial charge in [-0.3, -0.25) is 4.79 Å². The Balaban J connectivity index is 2.62. The molecule has 0 spiro atoms. The molecule has 9 heteroatoms. The van der Waals surface area contributed by atoms with Crippen molar-refractivity contribution in [3.63, 3.8) is 0 Å². The zero-order chi connectivity index (χ0) is 15.8. The number of alkyl halides is 6. The summed E-state index contributed by atoms with van der Waals surface area (Å²) in [6.45, 7) is 0. The lowest BCUT2D eigenvalue weighted by Crippen LogP contribution is -2.11. The number of nitrogens with zero attached hydrogens (tertiary/aromatic N) is 1. The van der Waals surface area contributed by atoms with Gasteiger partial charge in [-0.25, -0.2) is 4.98 Å². The summed E-state index contributed by atoms with van der Waals surface area (Å²) in [7, 11) is 0. The molecule has 0 unspecified atom stereocenters. The number of rotatable bonds is 2. The number of benzene rings is 1. The molecule has 2 aromatic rings. The normalized spacial score (nSPS) is 12.5. The number of imidazole rings is 1. The van der Waals surface area contributed by atoms with E-state index in [0.717, 1.165) is 6.20 Å². The second-order valence-electron chi connectivity index (χ2n) is 4.09. The number of aldehydes is 1. The molecule has 0 amide bonds. The van der Waals surface area contributed by atoms with Crippen LogP contribution < -0.4 is 0 Å². The molecule has 21 heavy (non-hydrogen) atoms. The summed E-state index contributed by atoms with van der Waals surface area (Å²) in [4.78, 5) is 16.3. The van der Waals surface area contributed by atoms with Gasteiger partial charge in [-0.05, 0) is 18.2 Å². The van der Waals surface area contributed by atoms with Crippen molar-refractivity contribution in [3.8, 4) is 11.3 Å². The first kappa shape index (κ1) is 15.1. The highest BCUT2D eigenvalue weighted by molar-refractivity contribution is 5.72. The van der Waals surface area contributed by atoms with Crippen LogP contribution in [0.2, 0.25) is 0 Å². The number of hydrogen-bond acceptors (Lipinski definition) is 2. The molecule has 3 nitrogen and oxygen atoms in total. The summed E-state index contributed by atoms with van der Waals surface area (Å²) in [5.41, 5.74) is -3.35. The van der Waals surface area contributed by atoms with Crippen molar-refractivity contribution in [2.75, 3.05) is 0 Å². The van der Waals surface area contributed by atoms with Crippen LogP contribution in [-0.4, -0.2) is 16.3 Å². The fourth-order valence-electron chi connectivity index (χ4n) is 1.65. The molecule has 0 radical (unpaired) electrons. The van der Waals surface area contributed by atoms with Gasteiger partial charge in [0.2, 0.25) is 0 Å². The molecule has 0 saturated carbocycles. The molecule has 2 rings (SSSR count). The predicted octanol–water partition coefficient (Wildman–Crippen LogP) is 3.93. The van der Waals surface area contributed by atoms with Gasteiger partial charge in [0.25, 0.3) is 0 Å². The van der Waals surface area contributed by atoms with E-state index >= 15 is 0 Å². The third kappa shape index (κ3) is 3.23. The Morgan fingerprint density at radius 3 is 1.86 bits per heavy atom. The molecule has 112 valence electrons. The van der Waals surface area contributed by atoms with Crippen LogP contribution in [0.3, 0.4) is 0 Å². The monoisotopic (exact) mass is 308 g/mol. The van der Waals surface area contributed by atoms with Crippen molar-refractivity contribution in [1.82, 2.24) is 9.97 Å². The van der Waals surface area contributed by atoms with Crippen molar-refractivity contribution < 1.29 is 31.1 Å². The first-order valence-electron chi connectivity index (χ1n) is 5.41. The number of aromatic amines is 1. The predicted molar refractivity (Wildman–Crippen MR) is 59.4 cm³/mol. The number of nitrogens with one attached hydrogen (secondary N) is 1. The van der Waals surface area contributed by atoms with E-state index in [1.54, 1.807) is 0 Å². The van der Waals surface area contributed by atoms with Crippen LogP contribution in [0.4, 0.5) is 26.3 Å². The highest BCUT2D eigenvalue weighted by Crippen LogP contribution is 2.38. The molecular formula is C12H6F6N2O. The zero-order valence-corrected chi connectivity index (χ0v) is 10.0. The van der Waals surface area contributed by atoms with E-state index in [1.807, 2.05) is 0 Å². The first-order chi connectivity index (χ1) is 9.61. The standard InChI is InChI=1S/C12H6F6N2O/c13-11(14,15)7-1-6(2-8(3-7)12(16,17)18)9-4-19-10(5-21)20-9/h1-5H,(H,19,20). The molecule has 0 atom stereocenters. The number of carbonyl (C=O) groups is 1. The number of H-pyrrole nitrogens is 1. The number of hydrogen-bond donors (Lipinski definition) is 1. The second-order valence-corrected chi connectivity index (χ2v) is 4.09. The van der Waals surface area contributed by atoms with Gasteiger partial charge in [-0.2, -0.15) is 26.3 Å². The Labute approximate surface area is 113 Å². The van der Waals surface area contributed by atoms with Crippen LogP contribution in [0.5, 0.6) is 0 Å². The second kappa shape index (κ2) is 4.90. The largest absolute Gasteiger partial charge is 0.416 e. The van der Waals surface area contributed by atoms with E-state index < -0.39 is 23.5 Å². The van der Waals surface area contributed by atoms with E-state index in [-0.39, 0.29) is 23.1 Å². The molecule has 0 fully saturated rings. The van der Waals surface area contributed by atoms with Crippen molar-refractivity contribution in [3.05, 3.63) is 41.3 Å². The topological polar surface area (TPSA) is 45.8 Å². The average molecular weight is 308 g/mol. The number of halogens is 6. The van der Waals surface area contributed by atoms with Crippen LogP contribution in [0.1, 0.15) is 21.7 Å². The van der Waals surface area contributed by atoms with Gasteiger partial charge in [0.05, 0.1) is 23.0 Å². The average Bonchev–Trinajstić information content (AvgIpc) is 2.85. The quantitative estimate of drug-likeness (QED) is 0.675. The fraction of sp³-hybridized carbons (Fsp3) is 0.167. The lowest BCUT2D eigenvalue weighted by atomic mass is 10.0. The Morgan fingerprint density at radius 1 is 0.952 bits per heavy atom. The maximum absolute atomic E-state index is 12.7. The minimum atomic E-state index is -4.93. The molecule has 0 aliphatic carbocycles. The summed E-state index contributed by atoms with van der Waals surface area (Å²) < 4.78 is 76.0. The molecule has 1 aromatic carbocycles. The lowest BCUT2D eigenvalue weighted by molar-refractivity contribution is -0.143. The Kier molecular flexibility index (Phi) is 3.52. The van der Waals surface area contributed by atoms with Crippen LogP contribution in [0, 0.1) is 0 Å². The Hall–Kier alpha value is -2.32. The zero-order valence-electron chi connectivity index (χ0n) is 10.0. The smallest absolute Gasteiger partial charge is 0.336 e. The molecule has 0 saturated heterocycles. The number of aromatic nitrogens is 2. The molecular weight excluding hydrogens is 302 g/mol. The molecule has 0 bridgehead atoms. The SMILES string of the molecule is O=Cc1ncc(-c2cc(C(F)(F)F)cc(C(F)(F)F)c2)[nH]1. The van der Waals surface area contributed by atoms with Gasteiger partial charge < -0.3 is 4.98 Å². The minimum absolute atomic E-state index is 0.0283. The van der Waals surface area contributed by atoms with Gasteiger partial charge in [0.15, 0.2) is 12.1 Å². The first-order valence-corrected chi connectivity index (χ1v) is 5.41.